The molecule has 0 fully saturated rings. The van der Waals surface area contributed by atoms with E-state index in [-0.39, 0.29) is 29.1 Å². The van der Waals surface area contributed by atoms with Crippen molar-refractivity contribution in [1.82, 2.24) is 10.3 Å². The minimum absolute atomic E-state index is 0.0228. The number of aliphatic imine (C=N–C) groups is 1. The monoisotopic (exact) mass is 450 g/mol. The Hall–Kier alpha value is -3.99. The molecule has 0 atom stereocenters. The molecule has 0 aliphatic carbocycles. The van der Waals surface area contributed by atoms with Gasteiger partial charge in [0.2, 0.25) is 11.2 Å². The highest BCUT2D eigenvalue weighted by Crippen LogP contribution is 2.29. The van der Waals surface area contributed by atoms with Gasteiger partial charge in [0, 0.05) is 6.20 Å². The summed E-state index contributed by atoms with van der Waals surface area (Å²) in [6.07, 6.45) is 4.82. The maximum absolute atomic E-state index is 13.1. The Labute approximate surface area is 188 Å². The van der Waals surface area contributed by atoms with Gasteiger partial charge in [0.25, 0.3) is 12.1 Å². The van der Waals surface area contributed by atoms with Gasteiger partial charge < -0.3 is 0 Å². The van der Waals surface area contributed by atoms with E-state index in [1.54, 1.807) is 49.7 Å². The van der Waals surface area contributed by atoms with E-state index in [1.165, 1.54) is 9.69 Å². The first-order valence-corrected chi connectivity index (χ1v) is 10.6. The second-order valence-corrected chi connectivity index (χ2v) is 7.77. The molecule has 3 heterocycles. The van der Waals surface area contributed by atoms with Crippen LogP contribution < -0.4 is 20.0 Å². The molecule has 0 bridgehead atoms. The smallest absolute Gasteiger partial charge is 0.288 e. The third kappa shape index (κ3) is 4.83. The molecule has 0 unspecified atom stereocenters. The number of amidine groups is 1. The largest absolute Gasteiger partial charge is 0.305 e. The van der Waals surface area contributed by atoms with Crippen LogP contribution in [-0.4, -0.2) is 47.1 Å². The van der Waals surface area contributed by atoms with E-state index in [1.807, 2.05) is 36.4 Å². The van der Waals surface area contributed by atoms with Crippen LogP contribution in [0.1, 0.15) is 5.69 Å². The summed E-state index contributed by atoms with van der Waals surface area (Å²) in [4.78, 5) is 37.1. The highest BCUT2D eigenvalue weighted by Gasteiger charge is 2.32. The van der Waals surface area contributed by atoms with Crippen LogP contribution >= 0.6 is 11.8 Å². The zero-order valence-corrected chi connectivity index (χ0v) is 18.2. The summed E-state index contributed by atoms with van der Waals surface area (Å²) in [6.45, 7) is 0. The summed E-state index contributed by atoms with van der Waals surface area (Å²) in [5.74, 6) is -0.367. The van der Waals surface area contributed by atoms with Gasteiger partial charge in [-0.1, -0.05) is 36.0 Å². The summed E-state index contributed by atoms with van der Waals surface area (Å²) in [5, 5.41) is 8.50. The molecule has 0 spiro atoms. The maximum atomic E-state index is 13.1. The summed E-state index contributed by atoms with van der Waals surface area (Å²) >= 11 is 1.15. The number of nitrogens with one attached hydrogen (secondary N) is 1. The summed E-state index contributed by atoms with van der Waals surface area (Å²) in [7, 11) is 3.57. The topological polar surface area (TPSA) is 108 Å². The normalized spacial score (nSPS) is 14.6. The van der Waals surface area contributed by atoms with Gasteiger partial charge in [0.15, 0.2) is 5.17 Å². The lowest BCUT2D eigenvalue weighted by molar-refractivity contribution is -0.753. The third-order valence-electron chi connectivity index (χ3n) is 4.28. The number of hydrogen-bond donors (Lipinski definition) is 1. The fourth-order valence-corrected chi connectivity index (χ4v) is 3.60. The molecule has 0 saturated heterocycles. The van der Waals surface area contributed by atoms with Crippen molar-refractivity contribution < 1.29 is 18.9 Å². The van der Waals surface area contributed by atoms with Crippen LogP contribution in [0.4, 0.5) is 11.6 Å². The Bertz CT molecular complexity index is 1180. The van der Waals surface area contributed by atoms with Crippen molar-refractivity contribution in [1.29, 1.82) is 0 Å². The number of rotatable bonds is 6. The predicted octanol–water partition coefficient (Wildman–Crippen LogP) is 1.67. The molecule has 1 aromatic carbocycles. The van der Waals surface area contributed by atoms with E-state index in [2.05, 4.69) is 20.6 Å². The van der Waals surface area contributed by atoms with Crippen LogP contribution in [-0.2, 0) is 9.59 Å². The number of pyridine rings is 1. The standard InChI is InChI=1S/C21H19N7O3S/c1-26(2)27-13-19(31-25-27)24-18(29)14-32-21-23-17(12-15-8-6-7-11-22-15)20(30)28(21)16-9-4-3-5-10-16/h3-13H,14H2,1-2H3/p+1/b17-12+. The molecule has 1 aliphatic heterocycles. The van der Waals surface area contributed by atoms with E-state index in [9.17, 15) is 9.59 Å². The number of benzene rings is 1. The fraction of sp³-hybridized carbons (Fsp3) is 0.143. The van der Waals surface area contributed by atoms with Crippen molar-refractivity contribution in [3.05, 3.63) is 72.3 Å². The number of amides is 2. The number of para-hydroxylation sites is 1. The molecule has 11 heteroatoms. The quantitative estimate of drug-likeness (QED) is 0.450. The molecule has 3 aromatic rings. The average molecular weight is 451 g/mol. The molecule has 4 rings (SSSR count). The first kappa shape index (κ1) is 21.2. The van der Waals surface area contributed by atoms with Crippen molar-refractivity contribution >= 4 is 46.4 Å². The van der Waals surface area contributed by atoms with Crippen LogP contribution in [0.2, 0.25) is 0 Å². The van der Waals surface area contributed by atoms with Gasteiger partial charge in [-0.05, 0) is 30.3 Å². The average Bonchev–Trinajstić information content (AvgIpc) is 3.38. The van der Waals surface area contributed by atoms with Gasteiger partial charge in [-0.2, -0.15) is 5.01 Å². The Morgan fingerprint density at radius 2 is 2.00 bits per heavy atom. The summed E-state index contributed by atoms with van der Waals surface area (Å²) < 4.78 is 5.08. The lowest BCUT2D eigenvalue weighted by Crippen LogP contribution is -2.53. The second kappa shape index (κ2) is 9.43. The van der Waals surface area contributed by atoms with E-state index < -0.39 is 0 Å². The Kier molecular flexibility index (Phi) is 6.26. The van der Waals surface area contributed by atoms with Gasteiger partial charge >= 0.3 is 5.88 Å². The van der Waals surface area contributed by atoms with E-state index >= 15 is 0 Å². The van der Waals surface area contributed by atoms with Crippen molar-refractivity contribution in [2.45, 2.75) is 0 Å². The Balaban J connectivity index is 1.51. The van der Waals surface area contributed by atoms with Gasteiger partial charge in [-0.25, -0.2) is 4.99 Å². The lowest BCUT2D eigenvalue weighted by Gasteiger charge is -2.17. The number of carbonyl (C=O) groups is 2. The summed E-state index contributed by atoms with van der Waals surface area (Å²) in [6, 6.07) is 14.6. The number of thioether (sulfide) groups is 1. The van der Waals surface area contributed by atoms with Crippen LogP contribution in [0, 0.1) is 0 Å². The van der Waals surface area contributed by atoms with E-state index in [4.69, 9.17) is 4.52 Å². The van der Waals surface area contributed by atoms with E-state index in [0.29, 0.717) is 16.5 Å². The van der Waals surface area contributed by atoms with Crippen LogP contribution in [0.25, 0.3) is 6.08 Å². The number of anilines is 2. The number of nitrogens with zero attached hydrogens (tertiary/aromatic N) is 6. The molecule has 0 saturated carbocycles. The predicted molar refractivity (Wildman–Crippen MR) is 121 cm³/mol. The molecule has 1 aliphatic rings. The highest BCUT2D eigenvalue weighted by molar-refractivity contribution is 8.14. The molecule has 2 amide bonds. The second-order valence-electron chi connectivity index (χ2n) is 6.83. The molecule has 0 radical (unpaired) electrons. The van der Waals surface area contributed by atoms with Crippen molar-refractivity contribution in [2.75, 3.05) is 35.1 Å². The number of hydrogen-bond acceptors (Lipinski definition) is 8. The van der Waals surface area contributed by atoms with E-state index in [0.717, 1.165) is 11.8 Å². The Morgan fingerprint density at radius 1 is 1.22 bits per heavy atom. The van der Waals surface area contributed by atoms with Gasteiger partial charge in [0.1, 0.15) is 5.70 Å². The zero-order valence-electron chi connectivity index (χ0n) is 17.4. The maximum Gasteiger partial charge on any atom is 0.305 e. The van der Waals surface area contributed by atoms with Crippen LogP contribution in [0.5, 0.6) is 0 Å². The molecule has 162 valence electrons. The molecule has 10 nitrogen and oxygen atoms in total. The first-order valence-electron chi connectivity index (χ1n) is 9.61. The third-order valence-corrected chi connectivity index (χ3v) is 5.22. The van der Waals surface area contributed by atoms with Crippen LogP contribution in [0.15, 0.2) is 76.1 Å². The highest BCUT2D eigenvalue weighted by atomic mass is 32.2. The number of aromatic nitrogens is 3. The fourth-order valence-electron chi connectivity index (χ4n) is 2.78. The minimum Gasteiger partial charge on any atom is -0.288 e. The molecular formula is C21H20N7O3S+. The van der Waals surface area contributed by atoms with Gasteiger partial charge in [-0.3, -0.25) is 29.3 Å². The van der Waals surface area contributed by atoms with Crippen molar-refractivity contribution in [2.24, 2.45) is 4.99 Å². The SMILES string of the molecule is CN(C)[n+]1cc(NC(=O)CSC2=N/C(=C/c3ccccn3)C(=O)N2c2ccccc2)on1. The molecule has 2 aromatic heterocycles. The summed E-state index contributed by atoms with van der Waals surface area (Å²) in [5.41, 5.74) is 1.53. The first-order chi connectivity index (χ1) is 15.5. The zero-order chi connectivity index (χ0) is 22.5. The number of carbonyl (C=O) groups excluding carboxylic acids is 2. The molecule has 1 N–H and O–H groups in total. The Morgan fingerprint density at radius 3 is 2.69 bits per heavy atom. The molecular weight excluding hydrogens is 430 g/mol. The van der Waals surface area contributed by atoms with Crippen LogP contribution in [0.3, 0.4) is 0 Å². The van der Waals surface area contributed by atoms with Crippen molar-refractivity contribution in [3.8, 4) is 0 Å². The lowest BCUT2D eigenvalue weighted by atomic mass is 10.2. The molecule has 32 heavy (non-hydrogen) atoms. The van der Waals surface area contributed by atoms with Gasteiger partial charge in [0.05, 0.1) is 36.0 Å². The van der Waals surface area contributed by atoms with Crippen molar-refractivity contribution in [3.63, 3.8) is 0 Å². The van der Waals surface area contributed by atoms with Gasteiger partial charge in [-0.15, -0.1) is 0 Å². The minimum atomic E-state index is -0.317.